The van der Waals surface area contributed by atoms with Gasteiger partial charge in [-0.2, -0.15) is 0 Å². The summed E-state index contributed by atoms with van der Waals surface area (Å²) in [6, 6.07) is 7.32. The molecule has 0 spiro atoms. The predicted molar refractivity (Wildman–Crippen MR) is 65.0 cm³/mol. The van der Waals surface area contributed by atoms with Crippen LogP contribution in [0, 0.1) is 5.92 Å². The molecule has 2 nitrogen and oxygen atoms in total. The summed E-state index contributed by atoms with van der Waals surface area (Å²) in [4.78, 5) is 0. The van der Waals surface area contributed by atoms with Crippen LogP contribution in [0.25, 0.3) is 0 Å². The quantitative estimate of drug-likeness (QED) is 0.839. The van der Waals surface area contributed by atoms with Crippen molar-refractivity contribution in [3.8, 4) is 5.75 Å². The highest BCUT2D eigenvalue weighted by molar-refractivity contribution is 5.44. The molecule has 2 aliphatic carbocycles. The molecule has 1 N–H and O–H groups in total. The standard InChI is InChI=1S/C14H19NO/c1-3-15-14-8-12-11-7-10(16-2)5-4-9(11)6-13(12)14/h4-5,7,12-15H,3,6,8H2,1-2H3. The lowest BCUT2D eigenvalue weighted by molar-refractivity contribution is 0.186. The Morgan fingerprint density at radius 2 is 2.31 bits per heavy atom. The number of fused-ring (bicyclic) bond motifs is 3. The Kier molecular flexibility index (Phi) is 2.40. The van der Waals surface area contributed by atoms with E-state index in [1.165, 1.54) is 18.4 Å². The molecule has 2 aliphatic rings. The minimum absolute atomic E-state index is 0.744. The number of hydrogen-bond acceptors (Lipinski definition) is 2. The number of hydrogen-bond donors (Lipinski definition) is 1. The molecule has 3 atom stereocenters. The van der Waals surface area contributed by atoms with Crippen LogP contribution in [-0.4, -0.2) is 19.7 Å². The molecule has 3 unspecified atom stereocenters. The van der Waals surface area contributed by atoms with E-state index in [0.29, 0.717) is 0 Å². The van der Waals surface area contributed by atoms with E-state index in [0.717, 1.165) is 30.2 Å². The first-order valence-corrected chi connectivity index (χ1v) is 6.23. The topological polar surface area (TPSA) is 21.3 Å². The van der Waals surface area contributed by atoms with E-state index in [-0.39, 0.29) is 0 Å². The van der Waals surface area contributed by atoms with Crippen molar-refractivity contribution in [1.29, 1.82) is 0 Å². The molecule has 1 saturated carbocycles. The predicted octanol–water partition coefficient (Wildman–Crippen LogP) is 2.33. The summed E-state index contributed by atoms with van der Waals surface area (Å²) >= 11 is 0. The first-order chi connectivity index (χ1) is 7.83. The molecular weight excluding hydrogens is 198 g/mol. The molecule has 0 saturated heterocycles. The Labute approximate surface area is 97.0 Å². The summed E-state index contributed by atoms with van der Waals surface area (Å²) in [6.45, 7) is 3.28. The van der Waals surface area contributed by atoms with Crippen LogP contribution in [-0.2, 0) is 6.42 Å². The fourth-order valence-corrected chi connectivity index (χ4v) is 3.33. The molecular formula is C14H19NO. The van der Waals surface area contributed by atoms with Crippen LogP contribution in [0.2, 0.25) is 0 Å². The van der Waals surface area contributed by atoms with Gasteiger partial charge in [0.2, 0.25) is 0 Å². The SMILES string of the molecule is CCNC1CC2c3cc(OC)ccc3CC12. The van der Waals surface area contributed by atoms with Crippen molar-refractivity contribution in [3.05, 3.63) is 29.3 Å². The molecule has 1 fully saturated rings. The van der Waals surface area contributed by atoms with Gasteiger partial charge in [-0.05, 0) is 54.5 Å². The van der Waals surface area contributed by atoms with Gasteiger partial charge < -0.3 is 10.1 Å². The van der Waals surface area contributed by atoms with E-state index in [2.05, 4.69) is 30.4 Å². The van der Waals surface area contributed by atoms with Gasteiger partial charge in [0.25, 0.3) is 0 Å². The zero-order chi connectivity index (χ0) is 11.1. The maximum Gasteiger partial charge on any atom is 0.119 e. The molecule has 1 aromatic carbocycles. The first kappa shape index (κ1) is 10.2. The Hall–Kier alpha value is -1.02. The van der Waals surface area contributed by atoms with Crippen LogP contribution in [0.1, 0.15) is 30.4 Å². The van der Waals surface area contributed by atoms with E-state index in [9.17, 15) is 0 Å². The van der Waals surface area contributed by atoms with Crippen LogP contribution < -0.4 is 10.1 Å². The third-order valence-corrected chi connectivity index (χ3v) is 4.22. The Morgan fingerprint density at radius 3 is 3.06 bits per heavy atom. The molecule has 0 heterocycles. The highest BCUT2D eigenvalue weighted by Gasteiger charge is 2.46. The zero-order valence-corrected chi connectivity index (χ0v) is 9.99. The molecule has 1 aromatic rings. The van der Waals surface area contributed by atoms with Crippen molar-refractivity contribution in [2.75, 3.05) is 13.7 Å². The van der Waals surface area contributed by atoms with E-state index in [1.807, 2.05) is 0 Å². The highest BCUT2D eigenvalue weighted by atomic mass is 16.5. The van der Waals surface area contributed by atoms with Crippen LogP contribution >= 0.6 is 0 Å². The van der Waals surface area contributed by atoms with E-state index >= 15 is 0 Å². The lowest BCUT2D eigenvalue weighted by atomic mass is 9.70. The first-order valence-electron chi connectivity index (χ1n) is 6.23. The average molecular weight is 217 g/mol. The van der Waals surface area contributed by atoms with Gasteiger partial charge in [-0.1, -0.05) is 13.0 Å². The van der Waals surface area contributed by atoms with Crippen molar-refractivity contribution < 1.29 is 4.74 Å². The van der Waals surface area contributed by atoms with Crippen LogP contribution in [0.15, 0.2) is 18.2 Å². The third-order valence-electron chi connectivity index (χ3n) is 4.22. The van der Waals surface area contributed by atoms with Gasteiger partial charge >= 0.3 is 0 Å². The summed E-state index contributed by atoms with van der Waals surface area (Å²) in [5, 5.41) is 3.59. The Balaban J connectivity index is 1.82. The molecule has 0 amide bonds. The van der Waals surface area contributed by atoms with E-state index in [1.54, 1.807) is 12.7 Å². The van der Waals surface area contributed by atoms with Crippen molar-refractivity contribution in [2.24, 2.45) is 5.92 Å². The van der Waals surface area contributed by atoms with Gasteiger partial charge in [-0.3, -0.25) is 0 Å². The summed E-state index contributed by atoms with van der Waals surface area (Å²) in [5.74, 6) is 2.63. The second-order valence-electron chi connectivity index (χ2n) is 4.94. The van der Waals surface area contributed by atoms with E-state index in [4.69, 9.17) is 4.74 Å². The van der Waals surface area contributed by atoms with Crippen molar-refractivity contribution >= 4 is 0 Å². The van der Waals surface area contributed by atoms with Crippen molar-refractivity contribution in [3.63, 3.8) is 0 Å². The summed E-state index contributed by atoms with van der Waals surface area (Å²) in [5.41, 5.74) is 3.08. The second kappa shape index (κ2) is 3.77. The number of rotatable bonds is 3. The maximum atomic E-state index is 5.31. The Morgan fingerprint density at radius 1 is 1.44 bits per heavy atom. The van der Waals surface area contributed by atoms with Gasteiger partial charge in [0.15, 0.2) is 0 Å². The highest BCUT2D eigenvalue weighted by Crippen LogP contribution is 2.51. The lowest BCUT2D eigenvalue weighted by Crippen LogP contribution is -2.47. The molecule has 16 heavy (non-hydrogen) atoms. The molecule has 3 rings (SSSR count). The zero-order valence-electron chi connectivity index (χ0n) is 9.99. The van der Waals surface area contributed by atoms with Gasteiger partial charge in [-0.25, -0.2) is 0 Å². The average Bonchev–Trinajstić information content (AvgIpc) is 2.58. The Bertz CT molecular complexity index is 402. The van der Waals surface area contributed by atoms with E-state index < -0.39 is 0 Å². The minimum atomic E-state index is 0.744. The van der Waals surface area contributed by atoms with Crippen molar-refractivity contribution in [2.45, 2.75) is 31.7 Å². The summed E-state index contributed by atoms with van der Waals surface area (Å²) in [7, 11) is 1.75. The third kappa shape index (κ3) is 1.36. The largest absolute Gasteiger partial charge is 0.497 e. The number of benzene rings is 1. The fraction of sp³-hybridized carbons (Fsp3) is 0.571. The summed E-state index contributed by atoms with van der Waals surface area (Å²) < 4.78 is 5.31. The number of nitrogens with one attached hydrogen (secondary N) is 1. The molecule has 0 bridgehead atoms. The summed E-state index contributed by atoms with van der Waals surface area (Å²) in [6.07, 6.45) is 2.56. The number of ether oxygens (including phenoxy) is 1. The monoisotopic (exact) mass is 217 g/mol. The molecule has 86 valence electrons. The fourth-order valence-electron chi connectivity index (χ4n) is 3.33. The van der Waals surface area contributed by atoms with Crippen molar-refractivity contribution in [1.82, 2.24) is 5.32 Å². The smallest absolute Gasteiger partial charge is 0.119 e. The van der Waals surface area contributed by atoms with Crippen LogP contribution in [0.5, 0.6) is 5.75 Å². The molecule has 0 radical (unpaired) electrons. The minimum Gasteiger partial charge on any atom is -0.497 e. The number of methoxy groups -OCH3 is 1. The van der Waals surface area contributed by atoms with Gasteiger partial charge in [0.1, 0.15) is 5.75 Å². The van der Waals surface area contributed by atoms with Crippen LogP contribution in [0.4, 0.5) is 0 Å². The van der Waals surface area contributed by atoms with Gasteiger partial charge in [0, 0.05) is 6.04 Å². The van der Waals surface area contributed by atoms with Gasteiger partial charge in [-0.15, -0.1) is 0 Å². The van der Waals surface area contributed by atoms with Crippen LogP contribution in [0.3, 0.4) is 0 Å². The maximum absolute atomic E-state index is 5.31. The normalized spacial score (nSPS) is 30.5. The molecule has 2 heteroatoms. The second-order valence-corrected chi connectivity index (χ2v) is 4.94. The lowest BCUT2D eigenvalue weighted by Gasteiger charge is -2.41. The molecule has 0 aliphatic heterocycles. The van der Waals surface area contributed by atoms with Gasteiger partial charge in [0.05, 0.1) is 7.11 Å². The molecule has 0 aromatic heterocycles.